The molecular weight excluding hydrogens is 216 g/mol. The van der Waals surface area contributed by atoms with Gasteiger partial charge in [0.1, 0.15) is 0 Å². The summed E-state index contributed by atoms with van der Waals surface area (Å²) < 4.78 is 11.3. The Balaban J connectivity index is 2.03. The van der Waals surface area contributed by atoms with E-state index in [1.807, 2.05) is 0 Å². The van der Waals surface area contributed by atoms with Crippen LogP contribution in [0, 0.1) is 0 Å². The summed E-state index contributed by atoms with van der Waals surface area (Å²) in [4.78, 5) is 2.55. The number of hydrogen-bond acceptors (Lipinski definition) is 4. The van der Waals surface area contributed by atoms with Gasteiger partial charge in [0.25, 0.3) is 0 Å². The first-order valence-corrected chi connectivity index (χ1v) is 6.71. The molecule has 0 aromatic heterocycles. The van der Waals surface area contributed by atoms with Gasteiger partial charge in [-0.2, -0.15) is 0 Å². The summed E-state index contributed by atoms with van der Waals surface area (Å²) in [6, 6.07) is 0. The highest BCUT2D eigenvalue weighted by Gasteiger charge is 2.52. The smallest absolute Gasteiger partial charge is 0.0645 e. The van der Waals surface area contributed by atoms with Gasteiger partial charge in [0.15, 0.2) is 0 Å². The lowest BCUT2D eigenvalue weighted by Crippen LogP contribution is -2.71. The van der Waals surface area contributed by atoms with Crippen molar-refractivity contribution in [3.63, 3.8) is 0 Å². The van der Waals surface area contributed by atoms with Crippen molar-refractivity contribution in [3.05, 3.63) is 0 Å². The van der Waals surface area contributed by atoms with Crippen molar-refractivity contribution in [1.82, 2.24) is 4.90 Å². The molecule has 4 heteroatoms. The second-order valence-electron chi connectivity index (χ2n) is 5.93. The molecule has 0 amide bonds. The molecule has 1 aliphatic heterocycles. The zero-order valence-corrected chi connectivity index (χ0v) is 11.4. The minimum Gasteiger partial charge on any atom is -0.378 e. The van der Waals surface area contributed by atoms with Crippen LogP contribution in [-0.4, -0.2) is 55.0 Å². The molecule has 0 aromatic rings. The van der Waals surface area contributed by atoms with E-state index in [1.165, 1.54) is 0 Å². The molecule has 0 spiro atoms. The van der Waals surface area contributed by atoms with E-state index in [2.05, 4.69) is 25.7 Å². The molecule has 4 nitrogen and oxygen atoms in total. The highest BCUT2D eigenvalue weighted by Crippen LogP contribution is 2.43. The topological polar surface area (TPSA) is 47.7 Å². The minimum atomic E-state index is 0.0921. The third-order valence-electron chi connectivity index (χ3n) is 4.22. The maximum Gasteiger partial charge on any atom is 0.0645 e. The van der Waals surface area contributed by atoms with Gasteiger partial charge in [-0.3, -0.25) is 4.90 Å². The van der Waals surface area contributed by atoms with Crippen LogP contribution in [0.4, 0.5) is 0 Å². The summed E-state index contributed by atoms with van der Waals surface area (Å²) in [7, 11) is 0. The Labute approximate surface area is 104 Å². The maximum atomic E-state index is 6.04. The summed E-state index contributed by atoms with van der Waals surface area (Å²) in [6.07, 6.45) is 2.55. The molecule has 0 atom stereocenters. The van der Waals surface area contributed by atoms with E-state index in [0.29, 0.717) is 6.10 Å². The highest BCUT2D eigenvalue weighted by atomic mass is 16.5. The van der Waals surface area contributed by atoms with Crippen LogP contribution < -0.4 is 5.73 Å². The third kappa shape index (κ3) is 2.36. The Kier molecular flexibility index (Phi) is 3.78. The molecule has 0 radical (unpaired) electrons. The Morgan fingerprint density at radius 1 is 1.41 bits per heavy atom. The van der Waals surface area contributed by atoms with E-state index in [9.17, 15) is 0 Å². The van der Waals surface area contributed by atoms with E-state index in [-0.39, 0.29) is 11.1 Å². The predicted octanol–water partition coefficient (Wildman–Crippen LogP) is 0.994. The van der Waals surface area contributed by atoms with E-state index in [4.69, 9.17) is 15.2 Å². The number of morpholine rings is 1. The Bertz CT molecular complexity index is 262. The van der Waals surface area contributed by atoms with Crippen LogP contribution in [0.5, 0.6) is 0 Å². The van der Waals surface area contributed by atoms with Crippen molar-refractivity contribution in [2.75, 3.05) is 32.9 Å². The summed E-state index contributed by atoms with van der Waals surface area (Å²) in [5, 5.41) is 0. The van der Waals surface area contributed by atoms with E-state index in [0.717, 1.165) is 45.8 Å². The molecule has 1 heterocycles. The fourth-order valence-corrected chi connectivity index (χ4v) is 3.38. The van der Waals surface area contributed by atoms with Crippen LogP contribution in [0.3, 0.4) is 0 Å². The molecule has 1 aliphatic carbocycles. The van der Waals surface area contributed by atoms with Crippen molar-refractivity contribution < 1.29 is 9.47 Å². The number of ether oxygens (including phenoxy) is 2. The van der Waals surface area contributed by atoms with E-state index < -0.39 is 0 Å². The number of rotatable bonds is 4. The molecule has 0 bridgehead atoms. The Morgan fingerprint density at radius 3 is 2.65 bits per heavy atom. The largest absolute Gasteiger partial charge is 0.378 e. The standard InChI is InChI=1S/C13H26N2O2/c1-4-17-11-7-13(8-11,9-14)15-5-6-16-10-12(15,2)3/h11H,4-10,14H2,1-3H3. The average molecular weight is 242 g/mol. The molecule has 0 unspecified atom stereocenters. The minimum absolute atomic E-state index is 0.0921. The van der Waals surface area contributed by atoms with Crippen LogP contribution in [0.2, 0.25) is 0 Å². The van der Waals surface area contributed by atoms with Crippen LogP contribution in [-0.2, 0) is 9.47 Å². The maximum absolute atomic E-state index is 6.04. The number of nitrogens with zero attached hydrogens (tertiary/aromatic N) is 1. The SMILES string of the molecule is CCOC1CC(CN)(N2CCOCC2(C)C)C1. The van der Waals surface area contributed by atoms with Crippen molar-refractivity contribution in [1.29, 1.82) is 0 Å². The fraction of sp³-hybridized carbons (Fsp3) is 1.00. The van der Waals surface area contributed by atoms with Gasteiger partial charge in [-0.15, -0.1) is 0 Å². The average Bonchev–Trinajstić information content (AvgIpc) is 2.23. The first-order chi connectivity index (χ1) is 8.04. The van der Waals surface area contributed by atoms with Gasteiger partial charge < -0.3 is 15.2 Å². The molecule has 2 fully saturated rings. The van der Waals surface area contributed by atoms with Crippen molar-refractivity contribution in [2.24, 2.45) is 5.73 Å². The van der Waals surface area contributed by atoms with Crippen molar-refractivity contribution in [2.45, 2.75) is 50.8 Å². The zero-order chi connectivity index (χ0) is 12.5. The van der Waals surface area contributed by atoms with Crippen LogP contribution in [0.1, 0.15) is 33.6 Å². The van der Waals surface area contributed by atoms with Gasteiger partial charge in [-0.25, -0.2) is 0 Å². The molecule has 100 valence electrons. The summed E-state index contributed by atoms with van der Waals surface area (Å²) in [5.74, 6) is 0. The molecular formula is C13H26N2O2. The second kappa shape index (κ2) is 4.84. The van der Waals surface area contributed by atoms with Gasteiger partial charge >= 0.3 is 0 Å². The summed E-state index contributed by atoms with van der Waals surface area (Å²) >= 11 is 0. The van der Waals surface area contributed by atoms with Gasteiger partial charge in [-0.05, 0) is 33.6 Å². The van der Waals surface area contributed by atoms with Crippen molar-refractivity contribution >= 4 is 0 Å². The van der Waals surface area contributed by atoms with Gasteiger partial charge in [0.2, 0.25) is 0 Å². The normalized spacial score (nSPS) is 37.8. The monoisotopic (exact) mass is 242 g/mol. The molecule has 0 aromatic carbocycles. The zero-order valence-electron chi connectivity index (χ0n) is 11.4. The quantitative estimate of drug-likeness (QED) is 0.799. The van der Waals surface area contributed by atoms with Crippen LogP contribution in [0.25, 0.3) is 0 Å². The highest BCUT2D eigenvalue weighted by molar-refractivity contribution is 5.08. The lowest BCUT2D eigenvalue weighted by Gasteiger charge is -2.60. The summed E-state index contributed by atoms with van der Waals surface area (Å²) in [6.45, 7) is 10.7. The molecule has 2 aliphatic rings. The Morgan fingerprint density at radius 2 is 2.12 bits per heavy atom. The molecule has 1 saturated heterocycles. The first kappa shape index (κ1) is 13.3. The van der Waals surface area contributed by atoms with Crippen molar-refractivity contribution in [3.8, 4) is 0 Å². The Hall–Kier alpha value is -0.160. The number of nitrogens with two attached hydrogens (primary N) is 1. The first-order valence-electron chi connectivity index (χ1n) is 6.71. The van der Waals surface area contributed by atoms with Gasteiger partial charge in [0.05, 0.1) is 19.3 Å². The number of hydrogen-bond donors (Lipinski definition) is 1. The van der Waals surface area contributed by atoms with Gasteiger partial charge in [0, 0.05) is 30.8 Å². The fourth-order valence-electron chi connectivity index (χ4n) is 3.38. The molecule has 2 N–H and O–H groups in total. The summed E-state index contributed by atoms with van der Waals surface area (Å²) in [5.41, 5.74) is 6.28. The molecule has 17 heavy (non-hydrogen) atoms. The third-order valence-corrected chi connectivity index (χ3v) is 4.22. The molecule has 1 saturated carbocycles. The van der Waals surface area contributed by atoms with Crippen LogP contribution in [0.15, 0.2) is 0 Å². The van der Waals surface area contributed by atoms with E-state index in [1.54, 1.807) is 0 Å². The van der Waals surface area contributed by atoms with Gasteiger partial charge in [-0.1, -0.05) is 0 Å². The van der Waals surface area contributed by atoms with E-state index >= 15 is 0 Å². The lowest BCUT2D eigenvalue weighted by molar-refractivity contribution is -0.167. The molecule has 2 rings (SSSR count). The lowest BCUT2D eigenvalue weighted by atomic mass is 9.70. The predicted molar refractivity (Wildman–Crippen MR) is 68.0 cm³/mol. The van der Waals surface area contributed by atoms with Crippen LogP contribution >= 0.6 is 0 Å². The second-order valence-corrected chi connectivity index (χ2v) is 5.93.